The average molecular weight is 254 g/mol. The average Bonchev–Trinajstić information content (AvgIpc) is 3.09. The Bertz CT molecular complexity index is 432. The fourth-order valence-electron chi connectivity index (χ4n) is 1.73. The third kappa shape index (κ3) is 3.09. The van der Waals surface area contributed by atoms with E-state index in [0.29, 0.717) is 16.4 Å². The van der Waals surface area contributed by atoms with E-state index in [-0.39, 0.29) is 0 Å². The maximum Gasteiger partial charge on any atom is 0.250 e. The summed E-state index contributed by atoms with van der Waals surface area (Å²) in [6.45, 7) is 0.938. The third-order valence-corrected chi connectivity index (χ3v) is 3.32. The Kier molecular flexibility index (Phi) is 3.52. The molecule has 2 rings (SSSR count). The van der Waals surface area contributed by atoms with Gasteiger partial charge in [0.2, 0.25) is 5.91 Å². The number of hydrogen-bond donors (Lipinski definition) is 1. The number of amides is 1. The molecule has 0 aromatic carbocycles. The summed E-state index contributed by atoms with van der Waals surface area (Å²) >= 11 is 6.09. The number of anilines is 1. The Morgan fingerprint density at radius 1 is 1.65 bits per heavy atom. The smallest absolute Gasteiger partial charge is 0.250 e. The van der Waals surface area contributed by atoms with Crippen LogP contribution in [0.4, 0.5) is 5.82 Å². The SMILES string of the molecule is CN(CCC1CC1)c1ncc(C(N)=O)cc1Cl. The van der Waals surface area contributed by atoms with Gasteiger partial charge in [-0.1, -0.05) is 24.4 Å². The molecule has 1 fully saturated rings. The lowest BCUT2D eigenvalue weighted by molar-refractivity contribution is 0.1000. The fourth-order valence-corrected chi connectivity index (χ4v) is 2.05. The number of aromatic nitrogens is 1. The molecule has 5 heteroatoms. The first-order chi connectivity index (χ1) is 8.08. The van der Waals surface area contributed by atoms with Crippen LogP contribution < -0.4 is 10.6 Å². The van der Waals surface area contributed by atoms with Gasteiger partial charge in [-0.3, -0.25) is 4.79 Å². The van der Waals surface area contributed by atoms with Crippen LogP contribution in [0.5, 0.6) is 0 Å². The lowest BCUT2D eigenvalue weighted by Crippen LogP contribution is -2.21. The molecular formula is C12H16ClN3O. The number of halogens is 1. The van der Waals surface area contributed by atoms with Crippen molar-refractivity contribution < 1.29 is 4.79 Å². The Morgan fingerprint density at radius 3 is 2.88 bits per heavy atom. The van der Waals surface area contributed by atoms with Gasteiger partial charge in [-0.2, -0.15) is 0 Å². The molecule has 0 aliphatic heterocycles. The van der Waals surface area contributed by atoms with Gasteiger partial charge in [0.05, 0.1) is 10.6 Å². The Balaban J connectivity index is 2.05. The molecule has 1 amide bonds. The van der Waals surface area contributed by atoms with E-state index < -0.39 is 5.91 Å². The van der Waals surface area contributed by atoms with Crippen LogP contribution in [0.15, 0.2) is 12.3 Å². The predicted octanol–water partition coefficient (Wildman–Crippen LogP) is 2.07. The molecule has 1 saturated carbocycles. The first-order valence-electron chi connectivity index (χ1n) is 5.74. The Morgan fingerprint density at radius 2 is 2.35 bits per heavy atom. The van der Waals surface area contributed by atoms with Gasteiger partial charge in [0.25, 0.3) is 0 Å². The van der Waals surface area contributed by atoms with Crippen molar-refractivity contribution in [3.05, 3.63) is 22.8 Å². The zero-order valence-corrected chi connectivity index (χ0v) is 10.6. The van der Waals surface area contributed by atoms with Crippen LogP contribution in [-0.4, -0.2) is 24.5 Å². The first kappa shape index (κ1) is 12.2. The lowest BCUT2D eigenvalue weighted by atomic mass is 10.2. The van der Waals surface area contributed by atoms with Crippen molar-refractivity contribution in [3.63, 3.8) is 0 Å². The van der Waals surface area contributed by atoms with E-state index in [9.17, 15) is 4.79 Å². The summed E-state index contributed by atoms with van der Waals surface area (Å²) in [5.41, 5.74) is 5.51. The maximum absolute atomic E-state index is 11.0. The maximum atomic E-state index is 11.0. The summed E-state index contributed by atoms with van der Waals surface area (Å²) in [6, 6.07) is 1.57. The van der Waals surface area contributed by atoms with Crippen molar-refractivity contribution >= 4 is 23.3 Å². The quantitative estimate of drug-likeness (QED) is 0.874. The molecule has 1 aliphatic rings. The minimum Gasteiger partial charge on any atom is -0.366 e. The number of nitrogens with two attached hydrogens (primary N) is 1. The summed E-state index contributed by atoms with van der Waals surface area (Å²) in [6.07, 6.45) is 5.33. The second-order valence-electron chi connectivity index (χ2n) is 4.55. The van der Waals surface area contributed by atoms with Crippen molar-refractivity contribution in [2.24, 2.45) is 11.7 Å². The highest BCUT2D eigenvalue weighted by atomic mass is 35.5. The first-order valence-corrected chi connectivity index (χ1v) is 6.12. The van der Waals surface area contributed by atoms with Crippen molar-refractivity contribution in [1.29, 1.82) is 0 Å². The number of carbonyl (C=O) groups excluding carboxylic acids is 1. The monoisotopic (exact) mass is 253 g/mol. The molecule has 4 nitrogen and oxygen atoms in total. The molecular weight excluding hydrogens is 238 g/mol. The minimum absolute atomic E-state index is 0.342. The normalized spacial score (nSPS) is 14.7. The highest BCUT2D eigenvalue weighted by molar-refractivity contribution is 6.33. The van der Waals surface area contributed by atoms with Gasteiger partial charge >= 0.3 is 0 Å². The molecule has 0 spiro atoms. The second-order valence-corrected chi connectivity index (χ2v) is 4.95. The van der Waals surface area contributed by atoms with Gasteiger partial charge < -0.3 is 10.6 Å². The lowest BCUT2D eigenvalue weighted by Gasteiger charge is -2.19. The van der Waals surface area contributed by atoms with Crippen LogP contribution in [0.25, 0.3) is 0 Å². The number of hydrogen-bond acceptors (Lipinski definition) is 3. The number of primary amides is 1. The molecule has 1 aromatic heterocycles. The van der Waals surface area contributed by atoms with Crippen molar-refractivity contribution in [2.45, 2.75) is 19.3 Å². The molecule has 1 aliphatic carbocycles. The van der Waals surface area contributed by atoms with E-state index in [2.05, 4.69) is 4.98 Å². The number of carbonyl (C=O) groups is 1. The van der Waals surface area contributed by atoms with Gasteiger partial charge in [-0.15, -0.1) is 0 Å². The fraction of sp³-hybridized carbons (Fsp3) is 0.500. The van der Waals surface area contributed by atoms with Gasteiger partial charge in [0.1, 0.15) is 5.82 Å². The van der Waals surface area contributed by atoms with Crippen LogP contribution >= 0.6 is 11.6 Å². The molecule has 2 N–H and O–H groups in total. The molecule has 1 aromatic rings. The summed E-state index contributed by atoms with van der Waals surface area (Å²) in [7, 11) is 1.96. The number of nitrogens with zero attached hydrogens (tertiary/aromatic N) is 2. The third-order valence-electron chi connectivity index (χ3n) is 3.04. The molecule has 0 saturated heterocycles. The van der Waals surface area contributed by atoms with Crippen LogP contribution in [0.2, 0.25) is 5.02 Å². The van der Waals surface area contributed by atoms with Crippen molar-refractivity contribution in [1.82, 2.24) is 4.98 Å². The van der Waals surface area contributed by atoms with Crippen molar-refractivity contribution in [3.8, 4) is 0 Å². The standard InChI is InChI=1S/C12H16ClN3O/c1-16(5-4-8-2-3-8)12-10(13)6-9(7-15-12)11(14)17/h6-8H,2-5H2,1H3,(H2,14,17). The van der Waals surface area contributed by atoms with E-state index in [1.54, 1.807) is 6.07 Å². The number of rotatable bonds is 5. The van der Waals surface area contributed by atoms with E-state index in [1.165, 1.54) is 25.5 Å². The molecule has 0 atom stereocenters. The van der Waals surface area contributed by atoms with Gasteiger partial charge in [0, 0.05) is 19.8 Å². The minimum atomic E-state index is -0.508. The summed E-state index contributed by atoms with van der Waals surface area (Å²) in [5.74, 6) is 1.07. The van der Waals surface area contributed by atoms with Crippen LogP contribution in [0.1, 0.15) is 29.6 Å². The molecule has 17 heavy (non-hydrogen) atoms. The van der Waals surface area contributed by atoms with Gasteiger partial charge in [0.15, 0.2) is 0 Å². The van der Waals surface area contributed by atoms with E-state index in [0.717, 1.165) is 12.5 Å². The van der Waals surface area contributed by atoms with Gasteiger partial charge in [-0.25, -0.2) is 4.98 Å². The van der Waals surface area contributed by atoms with Crippen LogP contribution in [-0.2, 0) is 0 Å². The van der Waals surface area contributed by atoms with Crippen molar-refractivity contribution in [2.75, 3.05) is 18.5 Å². The van der Waals surface area contributed by atoms with Gasteiger partial charge in [-0.05, 0) is 18.4 Å². The summed E-state index contributed by atoms with van der Waals surface area (Å²) in [4.78, 5) is 17.2. The largest absolute Gasteiger partial charge is 0.366 e. The highest BCUT2D eigenvalue weighted by Gasteiger charge is 2.21. The Hall–Kier alpha value is -1.29. The van der Waals surface area contributed by atoms with Crippen LogP contribution in [0.3, 0.4) is 0 Å². The molecule has 0 bridgehead atoms. The topological polar surface area (TPSA) is 59.2 Å². The Labute approximate surface area is 106 Å². The molecule has 1 heterocycles. The van der Waals surface area contributed by atoms with Crippen LogP contribution in [0, 0.1) is 5.92 Å². The number of pyridine rings is 1. The second kappa shape index (κ2) is 4.92. The summed E-state index contributed by atoms with van der Waals surface area (Å²) < 4.78 is 0. The predicted molar refractivity (Wildman–Crippen MR) is 68.4 cm³/mol. The van der Waals surface area contributed by atoms with E-state index >= 15 is 0 Å². The zero-order chi connectivity index (χ0) is 12.4. The molecule has 92 valence electrons. The highest BCUT2D eigenvalue weighted by Crippen LogP contribution is 2.33. The van der Waals surface area contributed by atoms with E-state index in [4.69, 9.17) is 17.3 Å². The molecule has 0 radical (unpaired) electrons. The zero-order valence-electron chi connectivity index (χ0n) is 9.82. The molecule has 0 unspecified atom stereocenters. The van der Waals surface area contributed by atoms with E-state index in [1.807, 2.05) is 11.9 Å². The summed E-state index contributed by atoms with van der Waals surface area (Å²) in [5, 5.41) is 0.472.